The fourth-order valence-electron chi connectivity index (χ4n) is 2.65. The Balaban J connectivity index is 2.22. The summed E-state index contributed by atoms with van der Waals surface area (Å²) in [6.45, 7) is 5.56. The first-order chi connectivity index (χ1) is 10.2. The molecule has 1 fully saturated rings. The molecule has 22 heavy (non-hydrogen) atoms. The summed E-state index contributed by atoms with van der Waals surface area (Å²) in [6, 6.07) is 6.62. The van der Waals surface area contributed by atoms with E-state index in [2.05, 4.69) is 0 Å². The zero-order chi connectivity index (χ0) is 16.5. The summed E-state index contributed by atoms with van der Waals surface area (Å²) in [5.41, 5.74) is -0.0936. The highest BCUT2D eigenvalue weighted by Gasteiger charge is 2.42. The molecule has 2 atom stereocenters. The third kappa shape index (κ3) is 3.50. The number of carboxylic acids is 1. The highest BCUT2D eigenvalue weighted by molar-refractivity contribution is 5.76. The van der Waals surface area contributed by atoms with Gasteiger partial charge in [0.2, 0.25) is 0 Å². The number of carbonyl (C=O) groups excluding carboxylic acids is 1. The molecular weight excluding hydrogens is 286 g/mol. The van der Waals surface area contributed by atoms with Crippen molar-refractivity contribution in [3.05, 3.63) is 29.8 Å². The molecule has 1 amide bonds. The summed E-state index contributed by atoms with van der Waals surface area (Å²) in [5, 5.41) is 19.4. The average molecular weight is 307 g/mol. The van der Waals surface area contributed by atoms with Crippen LogP contribution in [0.4, 0.5) is 4.79 Å². The van der Waals surface area contributed by atoms with Crippen molar-refractivity contribution >= 4 is 12.1 Å². The monoisotopic (exact) mass is 307 g/mol. The summed E-state index contributed by atoms with van der Waals surface area (Å²) >= 11 is 0. The number of para-hydroxylation sites is 1. The number of rotatable bonds is 2. The van der Waals surface area contributed by atoms with Crippen LogP contribution in [0.5, 0.6) is 5.75 Å². The molecule has 0 radical (unpaired) electrons. The van der Waals surface area contributed by atoms with Gasteiger partial charge in [0.15, 0.2) is 0 Å². The molecule has 1 heterocycles. The Bertz CT molecular complexity index is 578. The Morgan fingerprint density at radius 2 is 1.86 bits per heavy atom. The molecule has 2 unspecified atom stereocenters. The Kier molecular flexibility index (Phi) is 4.30. The van der Waals surface area contributed by atoms with Gasteiger partial charge in [0.25, 0.3) is 0 Å². The Hall–Kier alpha value is -2.24. The molecule has 1 aliphatic heterocycles. The van der Waals surface area contributed by atoms with Gasteiger partial charge in [-0.05, 0) is 32.4 Å². The molecular formula is C16H21NO5. The molecule has 0 saturated carbocycles. The third-order valence-electron chi connectivity index (χ3n) is 3.62. The van der Waals surface area contributed by atoms with E-state index in [0.717, 1.165) is 0 Å². The van der Waals surface area contributed by atoms with E-state index in [1.807, 2.05) is 0 Å². The lowest BCUT2D eigenvalue weighted by Crippen LogP contribution is -2.35. The number of benzene rings is 1. The molecule has 0 bridgehead atoms. The van der Waals surface area contributed by atoms with E-state index in [9.17, 15) is 19.8 Å². The maximum Gasteiger partial charge on any atom is 0.410 e. The number of aromatic hydroxyl groups is 1. The van der Waals surface area contributed by atoms with Crippen molar-refractivity contribution in [2.24, 2.45) is 5.92 Å². The lowest BCUT2D eigenvalue weighted by Gasteiger charge is -2.24. The maximum absolute atomic E-state index is 12.1. The number of amides is 1. The zero-order valence-electron chi connectivity index (χ0n) is 12.9. The predicted octanol–water partition coefficient (Wildman–Crippen LogP) is 2.43. The second-order valence-electron chi connectivity index (χ2n) is 6.50. The molecule has 1 aromatic rings. The SMILES string of the molecule is CC(C)(C)OC(=O)N1CC(C(=O)O)C(c2ccccc2O)C1. The van der Waals surface area contributed by atoms with Crippen LogP contribution < -0.4 is 0 Å². The normalized spacial score (nSPS) is 21.7. The number of carboxylic acid groups (broad SMARTS) is 1. The molecule has 6 nitrogen and oxygen atoms in total. The van der Waals surface area contributed by atoms with Crippen LogP contribution in [0.3, 0.4) is 0 Å². The van der Waals surface area contributed by atoms with Crippen molar-refractivity contribution in [1.82, 2.24) is 4.90 Å². The number of hydrogen-bond donors (Lipinski definition) is 2. The van der Waals surface area contributed by atoms with Gasteiger partial charge in [0, 0.05) is 19.0 Å². The van der Waals surface area contributed by atoms with Crippen molar-refractivity contribution in [3.8, 4) is 5.75 Å². The lowest BCUT2D eigenvalue weighted by atomic mass is 9.88. The summed E-state index contributed by atoms with van der Waals surface area (Å²) in [4.78, 5) is 25.0. The van der Waals surface area contributed by atoms with Gasteiger partial charge in [-0.25, -0.2) is 4.79 Å². The van der Waals surface area contributed by atoms with Gasteiger partial charge in [0.05, 0.1) is 5.92 Å². The van der Waals surface area contributed by atoms with Crippen LogP contribution >= 0.6 is 0 Å². The first-order valence-corrected chi connectivity index (χ1v) is 7.17. The average Bonchev–Trinajstić information content (AvgIpc) is 2.82. The van der Waals surface area contributed by atoms with E-state index in [1.165, 1.54) is 11.0 Å². The number of phenols is 1. The van der Waals surface area contributed by atoms with Crippen LogP contribution in [-0.2, 0) is 9.53 Å². The van der Waals surface area contributed by atoms with Gasteiger partial charge in [-0.2, -0.15) is 0 Å². The molecule has 0 aliphatic carbocycles. The van der Waals surface area contributed by atoms with E-state index in [4.69, 9.17) is 4.74 Å². The van der Waals surface area contributed by atoms with E-state index in [-0.39, 0.29) is 18.8 Å². The molecule has 1 saturated heterocycles. The van der Waals surface area contributed by atoms with Gasteiger partial charge < -0.3 is 19.8 Å². The van der Waals surface area contributed by atoms with E-state index >= 15 is 0 Å². The molecule has 2 N–H and O–H groups in total. The van der Waals surface area contributed by atoms with Gasteiger partial charge in [0.1, 0.15) is 11.4 Å². The topological polar surface area (TPSA) is 87.1 Å². The summed E-state index contributed by atoms with van der Waals surface area (Å²) in [7, 11) is 0. The van der Waals surface area contributed by atoms with Crippen molar-refractivity contribution in [2.45, 2.75) is 32.3 Å². The number of nitrogens with zero attached hydrogens (tertiary/aromatic N) is 1. The number of aliphatic carboxylic acids is 1. The van der Waals surface area contributed by atoms with Crippen LogP contribution in [0.1, 0.15) is 32.3 Å². The fourth-order valence-corrected chi connectivity index (χ4v) is 2.65. The largest absolute Gasteiger partial charge is 0.508 e. The zero-order valence-corrected chi connectivity index (χ0v) is 12.9. The van der Waals surface area contributed by atoms with Crippen molar-refractivity contribution in [1.29, 1.82) is 0 Å². The predicted molar refractivity (Wildman–Crippen MR) is 79.8 cm³/mol. The minimum Gasteiger partial charge on any atom is -0.508 e. The Labute approximate surface area is 129 Å². The van der Waals surface area contributed by atoms with Crippen molar-refractivity contribution in [3.63, 3.8) is 0 Å². The molecule has 6 heteroatoms. The van der Waals surface area contributed by atoms with Gasteiger partial charge in [-0.1, -0.05) is 18.2 Å². The molecule has 0 aromatic heterocycles. The van der Waals surface area contributed by atoms with Crippen LogP contribution in [0.15, 0.2) is 24.3 Å². The minimum absolute atomic E-state index is 0.0461. The summed E-state index contributed by atoms with van der Waals surface area (Å²) < 4.78 is 5.30. The van der Waals surface area contributed by atoms with E-state index in [1.54, 1.807) is 39.0 Å². The number of ether oxygens (including phenoxy) is 1. The van der Waals surface area contributed by atoms with Crippen LogP contribution in [0.25, 0.3) is 0 Å². The van der Waals surface area contributed by atoms with Gasteiger partial charge in [-0.15, -0.1) is 0 Å². The Morgan fingerprint density at radius 3 is 2.41 bits per heavy atom. The number of carbonyl (C=O) groups is 2. The molecule has 120 valence electrons. The molecule has 1 aliphatic rings. The second kappa shape index (κ2) is 5.87. The molecule has 1 aromatic carbocycles. The van der Waals surface area contributed by atoms with E-state index in [0.29, 0.717) is 5.56 Å². The molecule has 0 spiro atoms. The first-order valence-electron chi connectivity index (χ1n) is 7.17. The quantitative estimate of drug-likeness (QED) is 0.876. The van der Waals surface area contributed by atoms with Gasteiger partial charge >= 0.3 is 12.1 Å². The number of likely N-dealkylation sites (tertiary alicyclic amines) is 1. The standard InChI is InChI=1S/C16H21NO5/c1-16(2,3)22-15(21)17-8-11(12(9-17)14(19)20)10-6-4-5-7-13(10)18/h4-7,11-12,18H,8-9H2,1-3H3,(H,19,20). The highest BCUT2D eigenvalue weighted by Crippen LogP contribution is 2.37. The van der Waals surface area contributed by atoms with E-state index < -0.39 is 29.5 Å². The summed E-state index contributed by atoms with van der Waals surface area (Å²) in [6.07, 6.45) is -0.531. The fraction of sp³-hybridized carbons (Fsp3) is 0.500. The lowest BCUT2D eigenvalue weighted by molar-refractivity contribution is -0.141. The van der Waals surface area contributed by atoms with Crippen LogP contribution in [0, 0.1) is 5.92 Å². The molecule has 2 rings (SSSR count). The van der Waals surface area contributed by atoms with Crippen LogP contribution in [0.2, 0.25) is 0 Å². The number of phenolic OH excluding ortho intramolecular Hbond substituents is 1. The minimum atomic E-state index is -0.987. The number of hydrogen-bond acceptors (Lipinski definition) is 4. The Morgan fingerprint density at radius 1 is 1.23 bits per heavy atom. The van der Waals surface area contributed by atoms with Crippen LogP contribution in [-0.4, -0.2) is 45.9 Å². The third-order valence-corrected chi connectivity index (χ3v) is 3.62. The van der Waals surface area contributed by atoms with Crippen molar-refractivity contribution < 1.29 is 24.5 Å². The second-order valence-corrected chi connectivity index (χ2v) is 6.50. The smallest absolute Gasteiger partial charge is 0.410 e. The van der Waals surface area contributed by atoms with Gasteiger partial charge in [-0.3, -0.25) is 4.79 Å². The highest BCUT2D eigenvalue weighted by atomic mass is 16.6. The maximum atomic E-state index is 12.1. The summed E-state index contributed by atoms with van der Waals surface area (Å²) in [5.74, 6) is -2.16. The van der Waals surface area contributed by atoms with Crippen molar-refractivity contribution in [2.75, 3.05) is 13.1 Å². The first kappa shape index (κ1) is 16.1.